The van der Waals surface area contributed by atoms with Gasteiger partial charge in [0.2, 0.25) is 0 Å². The molecule has 1 nitrogen and oxygen atoms in total. The summed E-state index contributed by atoms with van der Waals surface area (Å²) in [6, 6.07) is 9.70. The molecule has 0 aliphatic rings. The lowest BCUT2D eigenvalue weighted by atomic mass is 9.98. The number of benzene rings is 1. The lowest BCUT2D eigenvalue weighted by molar-refractivity contribution is 0.143. The molecule has 1 heteroatoms. The third-order valence-electron chi connectivity index (χ3n) is 3.35. The second-order valence-electron chi connectivity index (χ2n) is 5.18. The van der Waals surface area contributed by atoms with Crippen LogP contribution >= 0.6 is 0 Å². The van der Waals surface area contributed by atoms with Gasteiger partial charge in [-0.3, -0.25) is 0 Å². The van der Waals surface area contributed by atoms with Crippen molar-refractivity contribution in [2.24, 2.45) is 5.92 Å². The van der Waals surface area contributed by atoms with E-state index in [4.69, 9.17) is 0 Å². The van der Waals surface area contributed by atoms with Gasteiger partial charge in [-0.15, -0.1) is 0 Å². The molecule has 0 saturated heterocycles. The van der Waals surface area contributed by atoms with Crippen molar-refractivity contribution in [1.29, 1.82) is 0 Å². The van der Waals surface area contributed by atoms with Crippen LogP contribution in [0.2, 0.25) is 0 Å². The molecule has 0 amide bonds. The zero-order chi connectivity index (χ0) is 14.6. The number of hydrogen-bond acceptors (Lipinski definition) is 1. The average Bonchev–Trinajstić information content (AvgIpc) is 2.50. The third-order valence-corrected chi connectivity index (χ3v) is 3.35. The summed E-state index contributed by atoms with van der Waals surface area (Å²) in [7, 11) is 0. The molecule has 1 N–H and O–H groups in total. The van der Waals surface area contributed by atoms with E-state index in [0.29, 0.717) is 0 Å². The largest absolute Gasteiger partial charge is 0.387 e. The quantitative estimate of drug-likeness (QED) is 0.552. The Kier molecular flexibility index (Phi) is 8.51. The number of unbranched alkanes of at least 4 members (excludes halogenated alkanes) is 4. The van der Waals surface area contributed by atoms with Crippen molar-refractivity contribution in [3.8, 4) is 11.8 Å². The van der Waals surface area contributed by atoms with E-state index in [0.717, 1.165) is 12.0 Å². The van der Waals surface area contributed by atoms with Crippen LogP contribution in [0.25, 0.3) is 0 Å². The molecule has 2 atom stereocenters. The summed E-state index contributed by atoms with van der Waals surface area (Å²) in [4.78, 5) is 0. The minimum absolute atomic E-state index is 0.0536. The number of allylic oxidation sites excluding steroid dienone is 2. The fraction of sp³-hybridized carbons (Fsp3) is 0.474. The van der Waals surface area contributed by atoms with E-state index in [1.807, 2.05) is 43.3 Å². The summed E-state index contributed by atoms with van der Waals surface area (Å²) in [6.07, 6.45) is 9.78. The molecule has 1 aromatic carbocycles. The molecule has 0 saturated carbocycles. The van der Waals surface area contributed by atoms with Crippen molar-refractivity contribution >= 4 is 0 Å². The highest BCUT2D eigenvalue weighted by Gasteiger charge is 2.12. The van der Waals surface area contributed by atoms with Gasteiger partial charge < -0.3 is 5.11 Å². The third kappa shape index (κ3) is 6.59. The van der Waals surface area contributed by atoms with Gasteiger partial charge in [0.05, 0.1) is 6.10 Å². The van der Waals surface area contributed by atoms with E-state index in [2.05, 4.69) is 24.8 Å². The molecule has 108 valence electrons. The van der Waals surface area contributed by atoms with E-state index < -0.39 is 6.10 Å². The molecular weight excluding hydrogens is 244 g/mol. The van der Waals surface area contributed by atoms with Crippen molar-refractivity contribution in [2.75, 3.05) is 0 Å². The van der Waals surface area contributed by atoms with E-state index in [1.54, 1.807) is 0 Å². The van der Waals surface area contributed by atoms with Crippen LogP contribution in [-0.2, 0) is 0 Å². The second kappa shape index (κ2) is 10.3. The molecule has 1 unspecified atom stereocenters. The highest BCUT2D eigenvalue weighted by atomic mass is 16.3. The maximum absolute atomic E-state index is 10.2. The zero-order valence-electron chi connectivity index (χ0n) is 12.7. The van der Waals surface area contributed by atoms with Crippen LogP contribution in [0.5, 0.6) is 0 Å². The number of aliphatic hydroxyl groups is 1. The van der Waals surface area contributed by atoms with Gasteiger partial charge in [-0.25, -0.2) is 0 Å². The second-order valence-corrected chi connectivity index (χ2v) is 5.18. The van der Waals surface area contributed by atoms with Crippen LogP contribution in [0.3, 0.4) is 0 Å². The predicted octanol–water partition coefficient (Wildman–Crippen LogP) is 4.89. The van der Waals surface area contributed by atoms with Crippen LogP contribution in [0, 0.1) is 17.8 Å². The smallest absolute Gasteiger partial charge is 0.0924 e. The Morgan fingerprint density at radius 2 is 1.90 bits per heavy atom. The van der Waals surface area contributed by atoms with Gasteiger partial charge in [0.25, 0.3) is 0 Å². The van der Waals surface area contributed by atoms with Gasteiger partial charge in [0.1, 0.15) is 0 Å². The van der Waals surface area contributed by atoms with Crippen molar-refractivity contribution in [1.82, 2.24) is 0 Å². The van der Waals surface area contributed by atoms with Crippen molar-refractivity contribution in [3.05, 3.63) is 48.0 Å². The Labute approximate surface area is 123 Å². The summed E-state index contributed by atoms with van der Waals surface area (Å²) < 4.78 is 0. The van der Waals surface area contributed by atoms with Gasteiger partial charge in [-0.05, 0) is 31.4 Å². The maximum Gasteiger partial charge on any atom is 0.0924 e. The molecule has 0 aliphatic heterocycles. The Bertz CT molecular complexity index is 436. The topological polar surface area (TPSA) is 20.2 Å². The van der Waals surface area contributed by atoms with Crippen LogP contribution in [0.1, 0.15) is 57.6 Å². The molecule has 0 aromatic heterocycles. The first-order chi connectivity index (χ1) is 9.75. The maximum atomic E-state index is 10.2. The zero-order valence-corrected chi connectivity index (χ0v) is 12.7. The molecule has 0 heterocycles. The van der Waals surface area contributed by atoms with E-state index in [1.165, 1.54) is 25.7 Å². The summed E-state index contributed by atoms with van der Waals surface area (Å²) in [5.41, 5.74) is 0.929. The van der Waals surface area contributed by atoms with Gasteiger partial charge in [-0.1, -0.05) is 74.4 Å². The Morgan fingerprint density at radius 1 is 1.15 bits per heavy atom. The van der Waals surface area contributed by atoms with Gasteiger partial charge in [-0.2, -0.15) is 0 Å². The lowest BCUT2D eigenvalue weighted by Gasteiger charge is -2.13. The molecule has 1 aromatic rings. The summed E-state index contributed by atoms with van der Waals surface area (Å²) >= 11 is 0. The summed E-state index contributed by atoms with van der Waals surface area (Å²) in [5, 5.41) is 10.2. The highest BCUT2D eigenvalue weighted by molar-refractivity contribution is 5.23. The number of aliphatic hydroxyl groups excluding tert-OH is 1. The van der Waals surface area contributed by atoms with E-state index in [9.17, 15) is 5.11 Å². The molecule has 0 fully saturated rings. The van der Waals surface area contributed by atoms with Crippen LogP contribution < -0.4 is 0 Å². The minimum atomic E-state index is -0.512. The van der Waals surface area contributed by atoms with Crippen LogP contribution in [-0.4, -0.2) is 5.11 Å². The SMILES string of the molecule is CCCCCC/C=C/C#C[C@@H](C)C(O)c1ccccc1. The first-order valence-corrected chi connectivity index (χ1v) is 7.64. The first-order valence-electron chi connectivity index (χ1n) is 7.64. The summed E-state index contributed by atoms with van der Waals surface area (Å²) in [6.45, 7) is 4.18. The first kappa shape index (κ1) is 16.5. The number of rotatable bonds is 7. The standard InChI is InChI=1S/C19H26O/c1-3-4-5-6-7-8-9-11-14-17(2)19(20)18-15-12-10-13-16-18/h8-10,12-13,15-17,19-20H,3-7H2,1-2H3/b9-8+/t17-,19?/m1/s1. The van der Waals surface area contributed by atoms with Gasteiger partial charge in [0.15, 0.2) is 0 Å². The summed E-state index contributed by atoms with van der Waals surface area (Å²) in [5.74, 6) is 6.08. The molecule has 1 rings (SSSR count). The monoisotopic (exact) mass is 270 g/mol. The Balaban J connectivity index is 2.33. The van der Waals surface area contributed by atoms with E-state index >= 15 is 0 Å². The van der Waals surface area contributed by atoms with Crippen molar-refractivity contribution in [2.45, 2.75) is 52.1 Å². The van der Waals surface area contributed by atoms with Gasteiger partial charge in [0, 0.05) is 5.92 Å². The van der Waals surface area contributed by atoms with Gasteiger partial charge >= 0.3 is 0 Å². The fourth-order valence-corrected chi connectivity index (χ4v) is 2.03. The molecule has 0 bridgehead atoms. The fourth-order valence-electron chi connectivity index (χ4n) is 2.03. The predicted molar refractivity (Wildman–Crippen MR) is 86.2 cm³/mol. The van der Waals surface area contributed by atoms with E-state index in [-0.39, 0.29) is 5.92 Å². The minimum Gasteiger partial charge on any atom is -0.387 e. The normalized spacial score (nSPS) is 13.8. The Morgan fingerprint density at radius 3 is 2.60 bits per heavy atom. The van der Waals surface area contributed by atoms with Crippen LogP contribution in [0.4, 0.5) is 0 Å². The molecule has 20 heavy (non-hydrogen) atoms. The molecule has 0 aliphatic carbocycles. The average molecular weight is 270 g/mol. The van der Waals surface area contributed by atoms with Crippen LogP contribution in [0.15, 0.2) is 42.5 Å². The Hall–Kier alpha value is -1.52. The van der Waals surface area contributed by atoms with Crippen molar-refractivity contribution in [3.63, 3.8) is 0 Å². The molecule has 0 radical (unpaired) electrons. The highest BCUT2D eigenvalue weighted by Crippen LogP contribution is 2.20. The lowest BCUT2D eigenvalue weighted by Crippen LogP contribution is -2.06. The number of hydrogen-bond donors (Lipinski definition) is 1. The molecular formula is C19H26O. The van der Waals surface area contributed by atoms with Crippen molar-refractivity contribution < 1.29 is 5.11 Å². The molecule has 0 spiro atoms.